The molecule has 0 amide bonds. The molecule has 0 aliphatic rings. The Morgan fingerprint density at radius 2 is 1.69 bits per heavy atom. The molecule has 0 N–H and O–H groups in total. The van der Waals surface area contributed by atoms with E-state index < -0.39 is 24.9 Å². The van der Waals surface area contributed by atoms with Crippen molar-refractivity contribution in [3.8, 4) is 0 Å². The van der Waals surface area contributed by atoms with Crippen LogP contribution in [0.25, 0.3) is 0 Å². The summed E-state index contributed by atoms with van der Waals surface area (Å²) in [6, 6.07) is 0. The van der Waals surface area contributed by atoms with Gasteiger partial charge in [-0.1, -0.05) is 0 Å². The number of rotatable bonds is 2. The van der Waals surface area contributed by atoms with Crippen molar-refractivity contribution in [1.29, 1.82) is 0 Å². The van der Waals surface area contributed by atoms with Gasteiger partial charge in [0.15, 0.2) is 6.61 Å². The summed E-state index contributed by atoms with van der Waals surface area (Å²) in [6.07, 6.45) is -7.33. The zero-order valence-corrected chi connectivity index (χ0v) is 6.32. The normalized spacial score (nSPS) is 12.5. The van der Waals surface area contributed by atoms with E-state index in [-0.39, 0.29) is 0 Å². The second-order valence-corrected chi connectivity index (χ2v) is 1.95. The molecule has 13 heavy (non-hydrogen) atoms. The van der Waals surface area contributed by atoms with Crippen molar-refractivity contribution >= 4 is 6.16 Å². The lowest BCUT2D eigenvalue weighted by Crippen LogP contribution is -2.41. The van der Waals surface area contributed by atoms with E-state index in [1.54, 1.807) is 0 Å². The Kier molecular flexibility index (Phi) is 3.44. The van der Waals surface area contributed by atoms with Gasteiger partial charge < -0.3 is 9.47 Å². The van der Waals surface area contributed by atoms with Crippen molar-refractivity contribution < 1.29 is 36.2 Å². The van der Waals surface area contributed by atoms with Crippen LogP contribution in [0.2, 0.25) is 0 Å². The summed E-state index contributed by atoms with van der Waals surface area (Å²) in [6.45, 7) is -2.08. The molecule has 3 nitrogen and oxygen atoms in total. The fourth-order valence-corrected chi connectivity index (χ4v) is 0.290. The Balaban J connectivity index is 4.12. The monoisotopic (exact) mass is 208 g/mol. The minimum absolute atomic E-state index is 0.786. The summed E-state index contributed by atoms with van der Waals surface area (Å²) in [5, 5.41) is 0. The smallest absolute Gasteiger partial charge is 0.438 e. The summed E-state index contributed by atoms with van der Waals surface area (Å²) in [7, 11) is 0.786. The summed E-state index contributed by atoms with van der Waals surface area (Å²) in [5.41, 5.74) is 0. The molecule has 78 valence electrons. The van der Waals surface area contributed by atoms with Gasteiger partial charge in [-0.3, -0.25) is 0 Å². The predicted octanol–water partition coefficient (Wildman–Crippen LogP) is 1.97. The molecule has 0 aromatic carbocycles. The van der Waals surface area contributed by atoms with Crippen molar-refractivity contribution in [2.45, 2.75) is 12.1 Å². The molecule has 0 rings (SSSR count). The van der Waals surface area contributed by atoms with E-state index in [0.717, 1.165) is 7.11 Å². The second kappa shape index (κ2) is 3.75. The molecule has 0 atom stereocenters. The molecular formula is C5H5F5O3. The first-order chi connectivity index (χ1) is 5.70. The fraction of sp³-hybridized carbons (Fsp3) is 0.800. The molecule has 0 unspecified atom stereocenters. The lowest BCUT2D eigenvalue weighted by Gasteiger charge is -2.18. The first-order valence-corrected chi connectivity index (χ1v) is 2.86. The zero-order chi connectivity index (χ0) is 10.7. The molecule has 0 aliphatic heterocycles. The Morgan fingerprint density at radius 3 is 2.00 bits per heavy atom. The quantitative estimate of drug-likeness (QED) is 0.514. The average molecular weight is 208 g/mol. The average Bonchev–Trinajstić information content (AvgIpc) is 1.98. The number of methoxy groups -OCH3 is 1. The highest BCUT2D eigenvalue weighted by molar-refractivity contribution is 5.59. The molecule has 0 radical (unpaired) electrons. The number of hydrogen-bond donors (Lipinski definition) is 0. The second-order valence-electron chi connectivity index (χ2n) is 1.95. The Morgan fingerprint density at radius 1 is 1.23 bits per heavy atom. The van der Waals surface area contributed by atoms with Gasteiger partial charge >= 0.3 is 18.3 Å². The summed E-state index contributed by atoms with van der Waals surface area (Å²) in [5.74, 6) is -5.05. The van der Waals surface area contributed by atoms with Crippen molar-refractivity contribution in [2.75, 3.05) is 13.7 Å². The number of ether oxygens (including phenoxy) is 2. The van der Waals surface area contributed by atoms with Crippen LogP contribution >= 0.6 is 0 Å². The van der Waals surface area contributed by atoms with Gasteiger partial charge in [-0.2, -0.15) is 22.0 Å². The van der Waals surface area contributed by atoms with Gasteiger partial charge in [0.1, 0.15) is 0 Å². The SMILES string of the molecule is COC(=O)OCC(F)(F)C(F)(F)F. The highest BCUT2D eigenvalue weighted by atomic mass is 19.4. The van der Waals surface area contributed by atoms with Crippen LogP contribution < -0.4 is 0 Å². The van der Waals surface area contributed by atoms with Crippen LogP contribution in [0.5, 0.6) is 0 Å². The van der Waals surface area contributed by atoms with E-state index >= 15 is 0 Å². The molecule has 0 saturated carbocycles. The van der Waals surface area contributed by atoms with Gasteiger partial charge in [-0.15, -0.1) is 0 Å². The van der Waals surface area contributed by atoms with E-state index in [2.05, 4.69) is 9.47 Å². The third-order valence-corrected chi connectivity index (χ3v) is 0.953. The number of carbonyl (C=O) groups is 1. The topological polar surface area (TPSA) is 35.5 Å². The van der Waals surface area contributed by atoms with Crippen LogP contribution in [0.4, 0.5) is 26.7 Å². The first kappa shape index (κ1) is 11.9. The largest absolute Gasteiger partial charge is 0.508 e. The van der Waals surface area contributed by atoms with Crippen molar-refractivity contribution in [1.82, 2.24) is 0 Å². The maximum absolute atomic E-state index is 12.0. The maximum Gasteiger partial charge on any atom is 0.508 e. The summed E-state index contributed by atoms with van der Waals surface area (Å²) < 4.78 is 65.3. The number of alkyl halides is 5. The molecule has 8 heteroatoms. The molecule has 0 aromatic heterocycles. The van der Waals surface area contributed by atoms with Gasteiger partial charge in [0.2, 0.25) is 0 Å². The number of carbonyl (C=O) groups excluding carboxylic acids is 1. The van der Waals surface area contributed by atoms with Crippen LogP contribution in [-0.2, 0) is 9.47 Å². The predicted molar refractivity (Wildman–Crippen MR) is 29.4 cm³/mol. The first-order valence-electron chi connectivity index (χ1n) is 2.86. The van der Waals surface area contributed by atoms with Gasteiger partial charge in [0.25, 0.3) is 0 Å². The minimum atomic E-state index is -5.74. The molecule has 0 aromatic rings. The van der Waals surface area contributed by atoms with Crippen LogP contribution in [0.1, 0.15) is 0 Å². The molecule has 0 spiro atoms. The third-order valence-electron chi connectivity index (χ3n) is 0.953. The van der Waals surface area contributed by atoms with Crippen molar-refractivity contribution in [3.05, 3.63) is 0 Å². The highest BCUT2D eigenvalue weighted by Gasteiger charge is 2.58. The van der Waals surface area contributed by atoms with E-state index in [1.807, 2.05) is 0 Å². The number of hydrogen-bond acceptors (Lipinski definition) is 3. The standard InChI is InChI=1S/C5H5F5O3/c1-12-3(11)13-2-4(6,7)5(8,9)10/h2H2,1H3. The van der Waals surface area contributed by atoms with Crippen LogP contribution in [0.3, 0.4) is 0 Å². The molecule has 0 saturated heterocycles. The van der Waals surface area contributed by atoms with Crippen LogP contribution in [0.15, 0.2) is 0 Å². The van der Waals surface area contributed by atoms with Gasteiger partial charge in [0.05, 0.1) is 7.11 Å². The van der Waals surface area contributed by atoms with Gasteiger partial charge in [-0.05, 0) is 0 Å². The Bertz CT molecular complexity index is 187. The minimum Gasteiger partial charge on any atom is -0.438 e. The molecule has 0 fully saturated rings. The van der Waals surface area contributed by atoms with E-state index in [4.69, 9.17) is 0 Å². The van der Waals surface area contributed by atoms with E-state index in [1.165, 1.54) is 0 Å². The fourth-order valence-electron chi connectivity index (χ4n) is 0.290. The maximum atomic E-state index is 12.0. The molecular weight excluding hydrogens is 203 g/mol. The lowest BCUT2D eigenvalue weighted by molar-refractivity contribution is -0.292. The molecule has 0 heterocycles. The lowest BCUT2D eigenvalue weighted by atomic mass is 10.3. The Hall–Kier alpha value is -1.08. The number of halogens is 5. The van der Waals surface area contributed by atoms with Crippen LogP contribution in [-0.4, -0.2) is 32.0 Å². The molecule has 0 bridgehead atoms. The molecule has 0 aliphatic carbocycles. The third kappa shape index (κ3) is 3.43. The Labute approximate surface area is 69.4 Å². The summed E-state index contributed by atoms with van der Waals surface area (Å²) in [4.78, 5) is 10.0. The van der Waals surface area contributed by atoms with Crippen molar-refractivity contribution in [2.24, 2.45) is 0 Å². The highest BCUT2D eigenvalue weighted by Crippen LogP contribution is 2.35. The van der Waals surface area contributed by atoms with Crippen LogP contribution in [0, 0.1) is 0 Å². The van der Waals surface area contributed by atoms with E-state index in [0.29, 0.717) is 0 Å². The van der Waals surface area contributed by atoms with E-state index in [9.17, 15) is 26.7 Å². The van der Waals surface area contributed by atoms with Crippen molar-refractivity contribution in [3.63, 3.8) is 0 Å². The van der Waals surface area contributed by atoms with Gasteiger partial charge in [0, 0.05) is 0 Å². The summed E-state index contributed by atoms with van der Waals surface area (Å²) >= 11 is 0. The van der Waals surface area contributed by atoms with Gasteiger partial charge in [-0.25, -0.2) is 4.79 Å². The zero-order valence-electron chi connectivity index (χ0n) is 6.32.